The molecule has 3 fully saturated rings. The number of furan rings is 1. The van der Waals surface area contributed by atoms with Gasteiger partial charge in [-0.1, -0.05) is 46.6 Å². The largest absolute Gasteiger partial charge is 0.481 e. The Labute approximate surface area is 220 Å². The number of aliphatic carboxylic acids is 1. The summed E-state index contributed by atoms with van der Waals surface area (Å²) in [6, 6.07) is 0. The molecule has 5 rings (SSSR count). The van der Waals surface area contributed by atoms with Crippen molar-refractivity contribution >= 4 is 11.9 Å². The maximum absolute atomic E-state index is 13.2. The monoisotopic (exact) mass is 512 g/mol. The van der Waals surface area contributed by atoms with Crippen LogP contribution >= 0.6 is 0 Å². The number of hydrogen-bond donors (Lipinski definition) is 2. The van der Waals surface area contributed by atoms with Gasteiger partial charge in [0.15, 0.2) is 0 Å². The lowest BCUT2D eigenvalue weighted by Crippen LogP contribution is -2.70. The van der Waals surface area contributed by atoms with Crippen molar-refractivity contribution in [2.45, 2.75) is 111 Å². The number of hydrogen-bond acceptors (Lipinski definition) is 5. The zero-order chi connectivity index (χ0) is 27.0. The van der Waals surface area contributed by atoms with Gasteiger partial charge >= 0.3 is 11.9 Å². The van der Waals surface area contributed by atoms with Gasteiger partial charge in [0.25, 0.3) is 0 Å². The van der Waals surface area contributed by atoms with Crippen LogP contribution in [0.3, 0.4) is 0 Å². The number of rotatable bonds is 4. The van der Waals surface area contributed by atoms with Crippen molar-refractivity contribution in [1.29, 1.82) is 0 Å². The second-order valence-electron chi connectivity index (χ2n) is 14.1. The predicted molar refractivity (Wildman–Crippen MR) is 140 cm³/mol. The van der Waals surface area contributed by atoms with Crippen molar-refractivity contribution in [1.82, 2.24) is 0 Å². The number of carbonyl (C=O) groups excluding carboxylic acids is 1. The number of carbonyl (C=O) groups is 2. The van der Waals surface area contributed by atoms with Gasteiger partial charge in [-0.25, -0.2) is 4.79 Å². The molecule has 0 aliphatic heterocycles. The lowest BCUT2D eigenvalue weighted by atomic mass is 9.34. The number of esters is 1. The maximum atomic E-state index is 13.2. The minimum Gasteiger partial charge on any atom is -0.481 e. The first-order valence-electron chi connectivity index (χ1n) is 14.1. The first kappa shape index (κ1) is 26.5. The molecule has 2 N–H and O–H groups in total. The molecular weight excluding hydrogens is 468 g/mol. The average molecular weight is 513 g/mol. The number of aryl methyl sites for hydroxylation is 1. The molecule has 0 bridgehead atoms. The van der Waals surface area contributed by atoms with Gasteiger partial charge in [0.05, 0.1) is 25.1 Å². The second kappa shape index (κ2) is 8.72. The fourth-order valence-electron chi connectivity index (χ4n) is 10.5. The molecule has 0 radical (unpaired) electrons. The maximum Gasteiger partial charge on any atom is 0.330 e. The lowest BCUT2D eigenvalue weighted by Gasteiger charge is -2.71. The Morgan fingerprint density at radius 3 is 2.51 bits per heavy atom. The number of aliphatic hydroxyl groups excluding tert-OH is 1. The van der Waals surface area contributed by atoms with Crippen molar-refractivity contribution in [2.24, 2.45) is 34.0 Å². The van der Waals surface area contributed by atoms with Crippen LogP contribution in [0, 0.1) is 34.0 Å². The Kier molecular flexibility index (Phi) is 6.25. The molecule has 4 aliphatic rings. The van der Waals surface area contributed by atoms with E-state index in [9.17, 15) is 14.7 Å². The Balaban J connectivity index is 1.61. The molecule has 6 heteroatoms. The normalized spacial score (nSPS) is 42.6. The number of aliphatic hydroxyl groups is 1. The van der Waals surface area contributed by atoms with E-state index in [-0.39, 0.29) is 46.0 Å². The third-order valence-electron chi connectivity index (χ3n) is 11.2. The van der Waals surface area contributed by atoms with Gasteiger partial charge in [-0.2, -0.15) is 0 Å². The minimum atomic E-state index is -0.960. The van der Waals surface area contributed by atoms with Crippen LogP contribution in [0.5, 0.6) is 0 Å². The van der Waals surface area contributed by atoms with E-state index in [4.69, 9.17) is 14.3 Å². The summed E-state index contributed by atoms with van der Waals surface area (Å²) in [6.45, 7) is 13.3. The first-order chi connectivity index (χ1) is 17.2. The summed E-state index contributed by atoms with van der Waals surface area (Å²) in [5.41, 5.74) is 2.32. The van der Waals surface area contributed by atoms with Gasteiger partial charge in [0, 0.05) is 17.4 Å². The van der Waals surface area contributed by atoms with Crippen LogP contribution in [0.25, 0.3) is 0 Å². The predicted octanol–water partition coefficient (Wildman–Crippen LogP) is 6.06. The summed E-state index contributed by atoms with van der Waals surface area (Å²) in [7, 11) is 0. The second-order valence-corrected chi connectivity index (χ2v) is 14.1. The molecule has 3 saturated carbocycles. The molecule has 8 atom stereocenters. The molecule has 0 aromatic carbocycles. The standard InChI is InChI=1S/C31H44O6/c1-18(12-24(33)34)13-25(35)37-22-15-30(5)20-17-36-16-19(20)8-9-23(30)31(6)14-21(32)26-28(2,3)10-7-11-29(26,4)27(22)31/h13,16-17,21-23,26-27,32H,7-12,14-15H2,1-6H3,(H,33,34)/t21-,22+,23+,26-,27+,29-,30+,31-/m0/s1. The zero-order valence-electron chi connectivity index (χ0n) is 23.3. The quantitative estimate of drug-likeness (QED) is 0.376. The van der Waals surface area contributed by atoms with E-state index < -0.39 is 18.0 Å². The topological polar surface area (TPSA) is 97.0 Å². The molecule has 0 spiro atoms. The number of carboxylic acids is 1. The summed E-state index contributed by atoms with van der Waals surface area (Å²) >= 11 is 0. The smallest absolute Gasteiger partial charge is 0.330 e. The van der Waals surface area contributed by atoms with E-state index >= 15 is 0 Å². The summed E-state index contributed by atoms with van der Waals surface area (Å²) in [6.07, 6.45) is 10.8. The molecule has 1 aromatic rings. The van der Waals surface area contributed by atoms with Crippen molar-refractivity contribution in [3.63, 3.8) is 0 Å². The van der Waals surface area contributed by atoms with E-state index in [0.717, 1.165) is 32.1 Å². The van der Waals surface area contributed by atoms with Crippen LogP contribution in [0.15, 0.2) is 28.6 Å². The number of fused-ring (bicyclic) bond motifs is 7. The molecule has 1 aromatic heterocycles. The van der Waals surface area contributed by atoms with Crippen LogP contribution < -0.4 is 0 Å². The molecule has 0 unspecified atom stereocenters. The van der Waals surface area contributed by atoms with Gasteiger partial charge in [-0.15, -0.1) is 0 Å². The van der Waals surface area contributed by atoms with Gasteiger partial charge in [0.2, 0.25) is 0 Å². The highest BCUT2D eigenvalue weighted by Crippen LogP contribution is 2.72. The van der Waals surface area contributed by atoms with Crippen molar-refractivity contribution in [2.75, 3.05) is 0 Å². The summed E-state index contributed by atoms with van der Waals surface area (Å²) < 4.78 is 12.1. The minimum absolute atomic E-state index is 0.00528. The SMILES string of the molecule is CC(=CC(=O)O[C@@H]1C[C@]2(C)c3cocc3CC[C@H]2[C@]2(C)C[C@H](O)[C@H]3C(C)(C)CCC[C@]3(C)[C@@H]12)CC(=O)O. The lowest BCUT2D eigenvalue weighted by molar-refractivity contribution is -0.256. The molecule has 6 nitrogen and oxygen atoms in total. The highest BCUT2D eigenvalue weighted by molar-refractivity contribution is 5.84. The summed E-state index contributed by atoms with van der Waals surface area (Å²) in [5, 5.41) is 21.0. The molecule has 1 heterocycles. The zero-order valence-corrected chi connectivity index (χ0v) is 23.3. The van der Waals surface area contributed by atoms with Gasteiger partial charge in [-0.05, 0) is 84.7 Å². The third-order valence-corrected chi connectivity index (χ3v) is 11.2. The Bertz CT molecular complexity index is 1110. The fourth-order valence-corrected chi connectivity index (χ4v) is 10.5. The van der Waals surface area contributed by atoms with Crippen LogP contribution in [-0.2, 0) is 26.2 Å². The van der Waals surface area contributed by atoms with Gasteiger partial charge in [0.1, 0.15) is 6.10 Å². The van der Waals surface area contributed by atoms with Crippen molar-refractivity contribution in [3.8, 4) is 0 Å². The Hall–Kier alpha value is -2.08. The average Bonchev–Trinajstić information content (AvgIpc) is 3.21. The highest BCUT2D eigenvalue weighted by atomic mass is 16.5. The van der Waals surface area contributed by atoms with E-state index in [1.807, 2.05) is 12.5 Å². The number of carboxylic acid groups (broad SMARTS) is 1. The van der Waals surface area contributed by atoms with Crippen LogP contribution in [0.1, 0.15) is 97.6 Å². The summed E-state index contributed by atoms with van der Waals surface area (Å²) in [4.78, 5) is 24.4. The van der Waals surface area contributed by atoms with E-state index in [1.54, 1.807) is 6.92 Å². The Morgan fingerprint density at radius 1 is 1.08 bits per heavy atom. The van der Waals surface area contributed by atoms with Gasteiger partial charge < -0.3 is 19.4 Å². The molecular formula is C31H44O6. The van der Waals surface area contributed by atoms with Crippen molar-refractivity contribution < 1.29 is 29.0 Å². The highest BCUT2D eigenvalue weighted by Gasteiger charge is 2.70. The number of ether oxygens (including phenoxy) is 1. The van der Waals surface area contributed by atoms with Crippen molar-refractivity contribution in [3.05, 3.63) is 35.3 Å². The first-order valence-corrected chi connectivity index (χ1v) is 14.1. The Morgan fingerprint density at radius 2 is 1.81 bits per heavy atom. The van der Waals surface area contributed by atoms with E-state index in [1.165, 1.54) is 17.2 Å². The van der Waals surface area contributed by atoms with Crippen LogP contribution in [0.2, 0.25) is 0 Å². The molecule has 0 saturated heterocycles. The van der Waals surface area contributed by atoms with E-state index in [2.05, 4.69) is 34.6 Å². The van der Waals surface area contributed by atoms with Crippen LogP contribution in [-0.4, -0.2) is 34.4 Å². The molecule has 37 heavy (non-hydrogen) atoms. The van der Waals surface area contributed by atoms with Gasteiger partial charge in [-0.3, -0.25) is 4.79 Å². The molecule has 4 aliphatic carbocycles. The van der Waals surface area contributed by atoms with E-state index in [0.29, 0.717) is 24.3 Å². The third kappa shape index (κ3) is 4.00. The summed E-state index contributed by atoms with van der Waals surface area (Å²) in [5.74, 6) is -0.839. The fraction of sp³-hybridized carbons (Fsp3) is 0.742. The molecule has 204 valence electrons. The molecule has 0 amide bonds. The van der Waals surface area contributed by atoms with Crippen LogP contribution in [0.4, 0.5) is 0 Å².